The Hall–Kier alpha value is -1.66. The Balaban J connectivity index is 0.00000141. The number of hydrogen-bond donors (Lipinski definition) is 0. The number of fused-ring (bicyclic) bond motifs is 3. The van der Waals surface area contributed by atoms with Crippen molar-refractivity contribution in [3.8, 4) is 33.4 Å². The molecule has 4 aromatic carbocycles. The third-order valence-corrected chi connectivity index (χ3v) is 9.56. The third kappa shape index (κ3) is 7.32. The van der Waals surface area contributed by atoms with Crippen molar-refractivity contribution >= 4 is 17.0 Å². The van der Waals surface area contributed by atoms with Gasteiger partial charge in [-0.05, 0) is 133 Å². The Morgan fingerprint density at radius 3 is 1.23 bits per heavy atom. The monoisotopic (exact) mass is 702 g/mol. The average Bonchev–Trinajstić information content (AvgIpc) is 3.35. The van der Waals surface area contributed by atoms with Crippen molar-refractivity contribution in [1.82, 2.24) is 0 Å². The summed E-state index contributed by atoms with van der Waals surface area (Å²) < 4.78 is 0. The van der Waals surface area contributed by atoms with E-state index in [0.717, 1.165) is 19.3 Å². The molecule has 0 nitrogen and oxygen atoms in total. The van der Waals surface area contributed by atoms with Crippen LogP contribution in [-0.2, 0) is 38.1 Å². The molecule has 0 saturated carbocycles. The molecule has 0 heterocycles. The topological polar surface area (TPSA) is 0 Å². The van der Waals surface area contributed by atoms with Crippen molar-refractivity contribution < 1.29 is 20.8 Å². The summed E-state index contributed by atoms with van der Waals surface area (Å²) >= 11 is -0.826. The standard InChI is InChI=1S/C41H50.2ClH.Zr/c1-11-26(3)30-17-13-15-19-32(30)36-22-28-21-29-23-37(33-20-16-14-18-31(33)27(4)12-2)39(41(8,9)10)25-35(29)34(28)24-38(36)40(5,6)7;;;/h13-20,22-27H,11-12,21H2,1-10H3;2*1H;/q;;;+2/p-2. The van der Waals surface area contributed by atoms with Gasteiger partial charge >= 0.3 is 37.9 Å². The van der Waals surface area contributed by atoms with Crippen molar-refractivity contribution in [2.75, 3.05) is 0 Å². The first-order valence-corrected chi connectivity index (χ1v) is 22.6. The summed E-state index contributed by atoms with van der Waals surface area (Å²) in [5, 5.41) is 0. The Kier molecular flexibility index (Phi) is 11.5. The van der Waals surface area contributed by atoms with Gasteiger partial charge in [-0.3, -0.25) is 0 Å². The van der Waals surface area contributed by atoms with Gasteiger partial charge in [0.15, 0.2) is 0 Å². The zero-order chi connectivity index (χ0) is 32.4. The van der Waals surface area contributed by atoms with Crippen LogP contribution in [0.1, 0.15) is 127 Å². The Labute approximate surface area is 286 Å². The SMILES string of the molecule is CCC(C)c1ccccc1-c1cc2c(cc1C(C)(C)C)-c1cc(C(C)(C)C)c(-c3ccccc3C(C)CC)cc1C2.[Cl][Zr][Cl]. The molecule has 0 N–H and O–H groups in total. The maximum atomic E-state index is 4.93. The summed E-state index contributed by atoms with van der Waals surface area (Å²) in [7, 11) is 9.87. The summed E-state index contributed by atoms with van der Waals surface area (Å²) in [5.41, 5.74) is 17.4. The summed E-state index contributed by atoms with van der Waals surface area (Å²) in [4.78, 5) is 0. The van der Waals surface area contributed by atoms with E-state index in [-0.39, 0.29) is 10.8 Å². The van der Waals surface area contributed by atoms with Gasteiger partial charge in [0.25, 0.3) is 0 Å². The molecule has 0 bridgehead atoms. The van der Waals surface area contributed by atoms with Crippen molar-refractivity contribution in [2.45, 2.75) is 111 Å². The first-order valence-electron chi connectivity index (χ1n) is 16.3. The summed E-state index contributed by atoms with van der Waals surface area (Å²) in [6.45, 7) is 23.6. The number of rotatable bonds is 6. The van der Waals surface area contributed by atoms with Gasteiger partial charge in [0, 0.05) is 0 Å². The molecule has 0 spiro atoms. The van der Waals surface area contributed by atoms with Crippen LogP contribution >= 0.6 is 17.0 Å². The fourth-order valence-electron chi connectivity index (χ4n) is 6.76. The van der Waals surface area contributed by atoms with E-state index >= 15 is 0 Å². The first-order chi connectivity index (χ1) is 20.8. The van der Waals surface area contributed by atoms with Crippen LogP contribution in [0.5, 0.6) is 0 Å². The molecule has 5 rings (SSSR count). The molecular formula is C41H50Cl2Zr. The van der Waals surface area contributed by atoms with Crippen LogP contribution in [0.4, 0.5) is 0 Å². The fraction of sp³-hybridized carbons (Fsp3) is 0.415. The molecule has 0 radical (unpaired) electrons. The van der Waals surface area contributed by atoms with Gasteiger partial charge in [0.2, 0.25) is 0 Å². The molecule has 44 heavy (non-hydrogen) atoms. The summed E-state index contributed by atoms with van der Waals surface area (Å²) in [5.74, 6) is 1.07. The molecular weight excluding hydrogens is 655 g/mol. The van der Waals surface area contributed by atoms with Crippen LogP contribution in [-0.4, -0.2) is 0 Å². The van der Waals surface area contributed by atoms with Gasteiger partial charge in [0.1, 0.15) is 0 Å². The molecule has 2 atom stereocenters. The van der Waals surface area contributed by atoms with Crippen LogP contribution in [0.25, 0.3) is 33.4 Å². The first kappa shape index (κ1) is 35.2. The van der Waals surface area contributed by atoms with Crippen molar-refractivity contribution in [2.24, 2.45) is 0 Å². The summed E-state index contributed by atoms with van der Waals surface area (Å²) in [6, 6.07) is 28.4. The second-order valence-electron chi connectivity index (χ2n) is 14.7. The zero-order valence-corrected chi connectivity index (χ0v) is 32.4. The van der Waals surface area contributed by atoms with E-state index in [9.17, 15) is 0 Å². The van der Waals surface area contributed by atoms with Crippen LogP contribution in [0.3, 0.4) is 0 Å². The minimum absolute atomic E-state index is 0.0394. The fourth-order valence-corrected chi connectivity index (χ4v) is 6.76. The van der Waals surface area contributed by atoms with E-state index < -0.39 is 20.8 Å². The molecule has 2 unspecified atom stereocenters. The average molecular weight is 705 g/mol. The van der Waals surface area contributed by atoms with E-state index in [1.165, 1.54) is 66.8 Å². The Morgan fingerprint density at radius 1 is 0.568 bits per heavy atom. The van der Waals surface area contributed by atoms with Gasteiger partial charge in [-0.15, -0.1) is 0 Å². The van der Waals surface area contributed by atoms with Gasteiger partial charge in [0.05, 0.1) is 0 Å². The number of hydrogen-bond acceptors (Lipinski definition) is 0. The van der Waals surface area contributed by atoms with Crippen LogP contribution in [0, 0.1) is 0 Å². The van der Waals surface area contributed by atoms with Gasteiger partial charge in [-0.1, -0.05) is 118 Å². The molecule has 1 aliphatic rings. The van der Waals surface area contributed by atoms with Crippen molar-refractivity contribution in [3.63, 3.8) is 0 Å². The predicted molar refractivity (Wildman–Crippen MR) is 192 cm³/mol. The Bertz CT molecular complexity index is 1480. The van der Waals surface area contributed by atoms with Crippen molar-refractivity contribution in [3.05, 3.63) is 106 Å². The number of halogens is 2. The molecule has 0 aromatic heterocycles. The number of benzene rings is 4. The third-order valence-electron chi connectivity index (χ3n) is 9.56. The van der Waals surface area contributed by atoms with Gasteiger partial charge in [-0.2, -0.15) is 0 Å². The summed E-state index contributed by atoms with van der Waals surface area (Å²) in [6.07, 6.45) is 3.29. The minimum atomic E-state index is -0.826. The molecule has 232 valence electrons. The van der Waals surface area contributed by atoms with Crippen LogP contribution in [0.2, 0.25) is 0 Å². The second-order valence-corrected chi connectivity index (χ2v) is 18.4. The Morgan fingerprint density at radius 2 is 0.909 bits per heavy atom. The van der Waals surface area contributed by atoms with Crippen molar-refractivity contribution in [1.29, 1.82) is 0 Å². The van der Waals surface area contributed by atoms with E-state index in [4.69, 9.17) is 17.0 Å². The maximum absolute atomic E-state index is 4.93. The molecule has 0 aliphatic heterocycles. The van der Waals surface area contributed by atoms with E-state index in [0.29, 0.717) is 11.8 Å². The molecule has 0 saturated heterocycles. The quantitative estimate of drug-likeness (QED) is 0.165. The molecule has 1 aliphatic carbocycles. The van der Waals surface area contributed by atoms with E-state index in [1.807, 2.05) is 0 Å². The zero-order valence-electron chi connectivity index (χ0n) is 28.5. The molecule has 0 amide bonds. The van der Waals surface area contributed by atoms with Crippen LogP contribution < -0.4 is 0 Å². The molecule has 4 aromatic rings. The van der Waals surface area contributed by atoms with Gasteiger partial charge < -0.3 is 0 Å². The van der Waals surface area contributed by atoms with Gasteiger partial charge in [-0.25, -0.2) is 0 Å². The molecule has 3 heteroatoms. The van der Waals surface area contributed by atoms with E-state index in [2.05, 4.69) is 142 Å². The van der Waals surface area contributed by atoms with Crippen LogP contribution in [0.15, 0.2) is 72.8 Å². The predicted octanol–water partition coefficient (Wildman–Crippen LogP) is 13.6. The van der Waals surface area contributed by atoms with E-state index in [1.54, 1.807) is 0 Å². The normalized spacial score (nSPS) is 13.8. The molecule has 0 fully saturated rings. The second kappa shape index (κ2) is 14.4.